The predicted octanol–water partition coefficient (Wildman–Crippen LogP) is 3.06. The fourth-order valence-electron chi connectivity index (χ4n) is 6.54. The molecule has 196 valence electrons. The number of benzene rings is 2. The van der Waals surface area contributed by atoms with Crippen LogP contribution in [-0.2, 0) is 22.4 Å². The van der Waals surface area contributed by atoms with Gasteiger partial charge in [0.15, 0.2) is 23.0 Å². The monoisotopic (exact) mass is 507 g/mol. The third kappa shape index (κ3) is 3.95. The zero-order valence-electron chi connectivity index (χ0n) is 22.1. The standard InChI is InChI=1S/C28H33N3O6/c1-15(32)37-14-23-18-11-26(35-5)24(33-3)9-16(18)8-21-28-19-12-27(36-6)25(34-4)10-17(19)7-20(30(28)2)22(13-29)31(21)23/h9-12,20-23,28H,7-8,14H2,1-6H3/t20-,21-,22-,23-,28+/m0/s1. The molecule has 3 aliphatic rings. The SMILES string of the molecule is COc1cc2c(cc1OC)[C@@H]1[C@@H]3Cc4cc(OC)c(OC)cc4[C@H](COC(C)=O)N3[C@@H](C#N)[C@H](C2)N1C. The Kier molecular flexibility index (Phi) is 6.65. The Bertz CT molecular complexity index is 1260. The van der Waals surface area contributed by atoms with E-state index in [9.17, 15) is 10.1 Å². The number of esters is 1. The van der Waals surface area contributed by atoms with Gasteiger partial charge in [0.1, 0.15) is 12.6 Å². The minimum atomic E-state index is -0.408. The summed E-state index contributed by atoms with van der Waals surface area (Å²) in [6.07, 6.45) is 1.39. The topological polar surface area (TPSA) is 93.5 Å². The second-order valence-corrected chi connectivity index (χ2v) is 9.80. The zero-order valence-corrected chi connectivity index (χ0v) is 22.1. The van der Waals surface area contributed by atoms with E-state index in [1.54, 1.807) is 28.4 Å². The van der Waals surface area contributed by atoms with Crippen LogP contribution in [0.3, 0.4) is 0 Å². The molecule has 9 heteroatoms. The minimum Gasteiger partial charge on any atom is -0.493 e. The summed E-state index contributed by atoms with van der Waals surface area (Å²) in [6, 6.07) is 9.89. The Morgan fingerprint density at radius 2 is 1.41 bits per heavy atom. The molecular formula is C28H33N3O6. The van der Waals surface area contributed by atoms with Crippen LogP contribution in [0.15, 0.2) is 24.3 Å². The fourth-order valence-corrected chi connectivity index (χ4v) is 6.54. The molecule has 0 aliphatic carbocycles. The van der Waals surface area contributed by atoms with Crippen molar-refractivity contribution in [2.75, 3.05) is 42.1 Å². The third-order valence-electron chi connectivity index (χ3n) is 8.16. The average molecular weight is 508 g/mol. The van der Waals surface area contributed by atoms with Crippen LogP contribution in [0.5, 0.6) is 23.0 Å². The molecule has 5 rings (SSSR count). The molecule has 0 radical (unpaired) electrons. The van der Waals surface area contributed by atoms with Crippen LogP contribution in [-0.4, -0.2) is 76.0 Å². The Balaban J connectivity index is 1.70. The number of hydrogen-bond acceptors (Lipinski definition) is 9. The lowest BCUT2D eigenvalue weighted by molar-refractivity contribution is -0.146. The molecule has 2 aromatic rings. The summed E-state index contributed by atoms with van der Waals surface area (Å²) in [5.74, 6) is 2.27. The number of rotatable bonds is 6. The highest BCUT2D eigenvalue weighted by Gasteiger charge is 2.54. The quantitative estimate of drug-likeness (QED) is 0.547. The predicted molar refractivity (Wildman–Crippen MR) is 135 cm³/mol. The van der Waals surface area contributed by atoms with Gasteiger partial charge in [-0.25, -0.2) is 0 Å². The number of hydrogen-bond donors (Lipinski definition) is 0. The summed E-state index contributed by atoms with van der Waals surface area (Å²) in [5.41, 5.74) is 4.41. The first-order valence-corrected chi connectivity index (χ1v) is 12.4. The molecular weight excluding hydrogens is 474 g/mol. The van der Waals surface area contributed by atoms with Gasteiger partial charge in [0.25, 0.3) is 0 Å². The molecule has 0 unspecified atom stereocenters. The van der Waals surface area contributed by atoms with E-state index in [2.05, 4.69) is 29.0 Å². The highest BCUT2D eigenvalue weighted by atomic mass is 16.5. The highest BCUT2D eigenvalue weighted by molar-refractivity contribution is 5.66. The van der Waals surface area contributed by atoms with Gasteiger partial charge >= 0.3 is 5.97 Å². The van der Waals surface area contributed by atoms with Crippen LogP contribution in [0, 0.1) is 11.3 Å². The lowest BCUT2D eigenvalue weighted by atomic mass is 9.72. The van der Waals surface area contributed by atoms with Gasteiger partial charge in [-0.3, -0.25) is 14.6 Å². The van der Waals surface area contributed by atoms with Crippen molar-refractivity contribution in [3.8, 4) is 29.1 Å². The summed E-state index contributed by atoms with van der Waals surface area (Å²) in [5, 5.41) is 10.5. The van der Waals surface area contributed by atoms with Crippen molar-refractivity contribution in [3.05, 3.63) is 46.5 Å². The van der Waals surface area contributed by atoms with Crippen molar-refractivity contribution >= 4 is 5.97 Å². The van der Waals surface area contributed by atoms with E-state index in [0.717, 1.165) is 16.7 Å². The van der Waals surface area contributed by atoms with Crippen LogP contribution in [0.25, 0.3) is 0 Å². The zero-order chi connectivity index (χ0) is 26.4. The van der Waals surface area contributed by atoms with Crippen molar-refractivity contribution in [2.45, 2.75) is 50.0 Å². The second kappa shape index (κ2) is 9.77. The van der Waals surface area contributed by atoms with Gasteiger partial charge in [-0.1, -0.05) is 0 Å². The number of methoxy groups -OCH3 is 4. The Morgan fingerprint density at radius 3 is 1.95 bits per heavy atom. The molecule has 2 bridgehead atoms. The molecule has 9 nitrogen and oxygen atoms in total. The number of nitriles is 1. The summed E-state index contributed by atoms with van der Waals surface area (Å²) >= 11 is 0. The molecule has 3 heterocycles. The van der Waals surface area contributed by atoms with E-state index in [4.69, 9.17) is 23.7 Å². The molecule has 0 amide bonds. The smallest absolute Gasteiger partial charge is 0.302 e. The molecule has 1 fully saturated rings. The van der Waals surface area contributed by atoms with E-state index in [1.807, 2.05) is 18.2 Å². The maximum atomic E-state index is 11.9. The van der Waals surface area contributed by atoms with Crippen molar-refractivity contribution in [1.29, 1.82) is 5.26 Å². The number of likely N-dealkylation sites (N-methyl/N-ethyl adjacent to an activating group) is 1. The fraction of sp³-hybridized carbons (Fsp3) is 0.500. The lowest BCUT2D eigenvalue weighted by Crippen LogP contribution is -2.68. The van der Waals surface area contributed by atoms with Gasteiger partial charge in [0, 0.05) is 19.0 Å². The Labute approximate surface area is 217 Å². The largest absolute Gasteiger partial charge is 0.493 e. The molecule has 0 N–H and O–H groups in total. The van der Waals surface area contributed by atoms with Crippen LogP contribution in [0.4, 0.5) is 0 Å². The van der Waals surface area contributed by atoms with Crippen molar-refractivity contribution in [2.24, 2.45) is 0 Å². The first kappa shape index (κ1) is 25.2. The third-order valence-corrected chi connectivity index (χ3v) is 8.16. The Morgan fingerprint density at radius 1 is 0.892 bits per heavy atom. The van der Waals surface area contributed by atoms with Crippen molar-refractivity contribution < 1.29 is 28.5 Å². The van der Waals surface area contributed by atoms with Crippen LogP contribution < -0.4 is 18.9 Å². The normalized spacial score (nSPS) is 26.1. The summed E-state index contributed by atoms with van der Waals surface area (Å²) < 4.78 is 28.0. The number of ether oxygens (including phenoxy) is 5. The molecule has 37 heavy (non-hydrogen) atoms. The first-order valence-electron chi connectivity index (χ1n) is 12.4. The molecule has 5 atom stereocenters. The van der Waals surface area contributed by atoms with Crippen LogP contribution >= 0.6 is 0 Å². The summed E-state index contributed by atoms with van der Waals surface area (Å²) in [4.78, 5) is 16.5. The molecule has 0 aromatic heterocycles. The van der Waals surface area contributed by atoms with Gasteiger partial charge in [0.05, 0.1) is 46.6 Å². The lowest BCUT2D eigenvalue weighted by Gasteiger charge is -2.59. The van der Waals surface area contributed by atoms with Crippen molar-refractivity contribution in [3.63, 3.8) is 0 Å². The molecule has 2 aromatic carbocycles. The van der Waals surface area contributed by atoms with E-state index in [1.165, 1.54) is 12.5 Å². The van der Waals surface area contributed by atoms with Gasteiger partial charge in [0.2, 0.25) is 0 Å². The number of carbonyl (C=O) groups excluding carboxylic acids is 1. The second-order valence-electron chi connectivity index (χ2n) is 9.80. The van der Waals surface area contributed by atoms with Gasteiger partial charge in [-0.2, -0.15) is 5.26 Å². The molecule has 1 saturated heterocycles. The number of piperazine rings is 1. The van der Waals surface area contributed by atoms with E-state index in [0.29, 0.717) is 35.8 Å². The van der Waals surface area contributed by atoms with E-state index >= 15 is 0 Å². The maximum absolute atomic E-state index is 11.9. The van der Waals surface area contributed by atoms with Gasteiger partial charge in [-0.05, 0) is 66.4 Å². The van der Waals surface area contributed by atoms with Gasteiger partial charge < -0.3 is 23.7 Å². The van der Waals surface area contributed by atoms with Crippen molar-refractivity contribution in [1.82, 2.24) is 9.80 Å². The molecule has 0 spiro atoms. The average Bonchev–Trinajstić information content (AvgIpc) is 2.90. The summed E-state index contributed by atoms with van der Waals surface area (Å²) in [7, 11) is 8.61. The van der Waals surface area contributed by atoms with E-state index in [-0.39, 0.29) is 36.7 Å². The maximum Gasteiger partial charge on any atom is 0.302 e. The van der Waals surface area contributed by atoms with Gasteiger partial charge in [-0.15, -0.1) is 0 Å². The minimum absolute atomic E-state index is 0.000712. The molecule has 3 aliphatic heterocycles. The van der Waals surface area contributed by atoms with E-state index < -0.39 is 6.04 Å². The number of nitrogens with zero attached hydrogens (tertiary/aromatic N) is 3. The first-order chi connectivity index (χ1) is 17.9. The van der Waals surface area contributed by atoms with Crippen LogP contribution in [0.1, 0.15) is 41.3 Å². The number of fused-ring (bicyclic) bond motifs is 7. The van der Waals surface area contributed by atoms with Crippen LogP contribution in [0.2, 0.25) is 0 Å². The molecule has 0 saturated carbocycles. The number of carbonyl (C=O) groups is 1. The summed E-state index contributed by atoms with van der Waals surface area (Å²) in [6.45, 7) is 1.56. The Hall–Kier alpha value is -3.48. The highest BCUT2D eigenvalue weighted by Crippen LogP contribution is 2.52.